The van der Waals surface area contributed by atoms with Gasteiger partial charge in [-0.15, -0.1) is 0 Å². The molecule has 3 atom stereocenters. The summed E-state index contributed by atoms with van der Waals surface area (Å²) in [5.41, 5.74) is -0.169. The molecule has 1 aliphatic heterocycles. The van der Waals surface area contributed by atoms with Gasteiger partial charge in [0.25, 0.3) is 0 Å². The summed E-state index contributed by atoms with van der Waals surface area (Å²) in [5, 5.41) is 18.8. The molecule has 0 spiro atoms. The first-order valence-corrected chi connectivity index (χ1v) is 7.33. The molecule has 1 heterocycles. The molecule has 3 heteroatoms. The van der Waals surface area contributed by atoms with E-state index in [0.717, 1.165) is 38.3 Å². The highest BCUT2D eigenvalue weighted by Gasteiger charge is 2.41. The predicted octanol–water partition coefficient (Wildman–Crippen LogP) is 2.41. The van der Waals surface area contributed by atoms with Gasteiger partial charge in [0.05, 0.1) is 17.6 Å². The number of fused-ring (bicyclic) bond motifs is 1. The molecule has 3 nitrogen and oxygen atoms in total. The summed E-state index contributed by atoms with van der Waals surface area (Å²) in [7, 11) is 0. The van der Waals surface area contributed by atoms with Crippen molar-refractivity contribution < 1.29 is 5.11 Å². The van der Waals surface area contributed by atoms with Gasteiger partial charge in [-0.2, -0.15) is 5.26 Å². The van der Waals surface area contributed by atoms with Gasteiger partial charge in [-0.1, -0.05) is 6.42 Å². The first-order valence-electron chi connectivity index (χ1n) is 7.33. The molecule has 102 valence electrons. The monoisotopic (exact) mass is 250 g/mol. The molecule has 2 rings (SSSR count). The van der Waals surface area contributed by atoms with E-state index in [1.54, 1.807) is 0 Å². The Balaban J connectivity index is 1.63. The maximum atomic E-state index is 9.86. The molecule has 0 radical (unpaired) electrons. The average Bonchev–Trinajstić information content (AvgIpc) is 2.88. The minimum Gasteiger partial charge on any atom is -0.393 e. The van der Waals surface area contributed by atoms with Crippen LogP contribution in [0.5, 0.6) is 0 Å². The summed E-state index contributed by atoms with van der Waals surface area (Å²) in [6.45, 7) is 7.45. The number of unbranched alkanes of at least 4 members (excludes halogenated alkanes) is 1. The molecular formula is C15H26N2O. The highest BCUT2D eigenvalue weighted by Crippen LogP contribution is 2.38. The molecule has 18 heavy (non-hydrogen) atoms. The van der Waals surface area contributed by atoms with E-state index in [-0.39, 0.29) is 11.5 Å². The molecular weight excluding hydrogens is 224 g/mol. The van der Waals surface area contributed by atoms with Crippen LogP contribution in [-0.2, 0) is 0 Å². The lowest BCUT2D eigenvalue weighted by atomic mass is 9.89. The van der Waals surface area contributed by atoms with Crippen molar-refractivity contribution in [2.75, 3.05) is 19.6 Å². The van der Waals surface area contributed by atoms with E-state index in [0.29, 0.717) is 5.92 Å². The van der Waals surface area contributed by atoms with Crippen LogP contribution in [-0.4, -0.2) is 35.7 Å². The minimum absolute atomic E-state index is 0.0440. The Morgan fingerprint density at radius 3 is 2.72 bits per heavy atom. The molecule has 0 aromatic carbocycles. The third kappa shape index (κ3) is 3.24. The third-order valence-electron chi connectivity index (χ3n) is 4.72. The largest absolute Gasteiger partial charge is 0.393 e. The van der Waals surface area contributed by atoms with Crippen LogP contribution in [0.3, 0.4) is 0 Å². The van der Waals surface area contributed by atoms with Crippen molar-refractivity contribution in [3.63, 3.8) is 0 Å². The van der Waals surface area contributed by atoms with E-state index in [1.807, 2.05) is 13.8 Å². The number of hydrogen-bond donors (Lipinski definition) is 1. The van der Waals surface area contributed by atoms with Crippen molar-refractivity contribution in [1.82, 2.24) is 4.90 Å². The number of nitriles is 1. The molecule has 0 aromatic heterocycles. The maximum absolute atomic E-state index is 9.86. The van der Waals surface area contributed by atoms with Gasteiger partial charge in [-0.3, -0.25) is 0 Å². The van der Waals surface area contributed by atoms with Gasteiger partial charge < -0.3 is 10.0 Å². The second-order valence-corrected chi connectivity index (χ2v) is 6.78. The maximum Gasteiger partial charge on any atom is 0.0683 e. The first kappa shape index (κ1) is 13.8. The summed E-state index contributed by atoms with van der Waals surface area (Å²) in [4.78, 5) is 2.51. The molecule has 0 amide bonds. The predicted molar refractivity (Wildman–Crippen MR) is 71.9 cm³/mol. The van der Waals surface area contributed by atoms with Gasteiger partial charge in [0.15, 0.2) is 0 Å². The number of nitrogens with zero attached hydrogens (tertiary/aromatic N) is 2. The third-order valence-corrected chi connectivity index (χ3v) is 4.72. The fourth-order valence-electron chi connectivity index (χ4n) is 3.47. The molecule has 1 aliphatic carbocycles. The van der Waals surface area contributed by atoms with E-state index in [9.17, 15) is 5.11 Å². The highest BCUT2D eigenvalue weighted by atomic mass is 16.3. The Kier molecular flexibility index (Phi) is 4.29. The second-order valence-electron chi connectivity index (χ2n) is 6.78. The molecule has 3 unspecified atom stereocenters. The van der Waals surface area contributed by atoms with Crippen molar-refractivity contribution in [3.05, 3.63) is 0 Å². The van der Waals surface area contributed by atoms with Gasteiger partial charge in [-0.05, 0) is 52.0 Å². The molecule has 0 bridgehead atoms. The van der Waals surface area contributed by atoms with E-state index in [2.05, 4.69) is 11.0 Å². The van der Waals surface area contributed by atoms with E-state index in [1.165, 1.54) is 19.4 Å². The van der Waals surface area contributed by atoms with Crippen molar-refractivity contribution in [1.29, 1.82) is 5.26 Å². The number of aliphatic hydroxyl groups excluding tert-OH is 1. The van der Waals surface area contributed by atoms with Crippen LogP contribution in [0.2, 0.25) is 0 Å². The lowest BCUT2D eigenvalue weighted by molar-refractivity contribution is 0.124. The number of rotatable bonds is 5. The summed E-state index contributed by atoms with van der Waals surface area (Å²) in [6.07, 6.45) is 5.49. The SMILES string of the molecule is CC(C)(C#N)CCCCN1CC2CCC(O)C2C1. The van der Waals surface area contributed by atoms with E-state index >= 15 is 0 Å². The summed E-state index contributed by atoms with van der Waals surface area (Å²) in [6, 6.07) is 2.36. The van der Waals surface area contributed by atoms with Gasteiger partial charge in [0.1, 0.15) is 0 Å². The summed E-state index contributed by atoms with van der Waals surface area (Å²) in [5.74, 6) is 1.29. The normalized spacial score (nSPS) is 32.4. The Hall–Kier alpha value is -0.590. The van der Waals surface area contributed by atoms with Crippen LogP contribution in [0.1, 0.15) is 46.0 Å². The molecule has 1 saturated carbocycles. The van der Waals surface area contributed by atoms with Crippen molar-refractivity contribution in [2.24, 2.45) is 17.3 Å². The fourth-order valence-corrected chi connectivity index (χ4v) is 3.47. The molecule has 0 aromatic rings. The smallest absolute Gasteiger partial charge is 0.0683 e. The van der Waals surface area contributed by atoms with E-state index in [4.69, 9.17) is 5.26 Å². The van der Waals surface area contributed by atoms with Gasteiger partial charge in [-0.25, -0.2) is 0 Å². The van der Waals surface area contributed by atoms with Gasteiger partial charge >= 0.3 is 0 Å². The van der Waals surface area contributed by atoms with Crippen LogP contribution in [0, 0.1) is 28.6 Å². The topological polar surface area (TPSA) is 47.3 Å². The Morgan fingerprint density at radius 1 is 1.28 bits per heavy atom. The quantitative estimate of drug-likeness (QED) is 0.762. The standard InChI is InChI=1S/C15H26N2O/c1-15(2,11-16)7-3-4-8-17-9-12-5-6-14(18)13(12)10-17/h12-14,18H,3-10H2,1-2H3. The second kappa shape index (κ2) is 5.59. The van der Waals surface area contributed by atoms with Crippen molar-refractivity contribution in [3.8, 4) is 6.07 Å². The molecule has 2 aliphatic rings. The van der Waals surface area contributed by atoms with E-state index < -0.39 is 0 Å². The first-order chi connectivity index (χ1) is 8.52. The van der Waals surface area contributed by atoms with Crippen molar-refractivity contribution >= 4 is 0 Å². The van der Waals surface area contributed by atoms with Crippen LogP contribution >= 0.6 is 0 Å². The highest BCUT2D eigenvalue weighted by molar-refractivity contribution is 4.94. The average molecular weight is 250 g/mol. The Morgan fingerprint density at radius 2 is 2.06 bits per heavy atom. The van der Waals surface area contributed by atoms with Crippen molar-refractivity contribution in [2.45, 2.75) is 52.1 Å². The summed E-state index contributed by atoms with van der Waals surface area (Å²) < 4.78 is 0. The Labute approximate surface area is 111 Å². The number of hydrogen-bond acceptors (Lipinski definition) is 3. The zero-order chi connectivity index (χ0) is 13.2. The van der Waals surface area contributed by atoms with Crippen LogP contribution in [0.25, 0.3) is 0 Å². The minimum atomic E-state index is -0.169. The van der Waals surface area contributed by atoms with Crippen LogP contribution in [0.15, 0.2) is 0 Å². The van der Waals surface area contributed by atoms with Gasteiger partial charge in [0.2, 0.25) is 0 Å². The van der Waals surface area contributed by atoms with Crippen LogP contribution in [0.4, 0.5) is 0 Å². The lowest BCUT2D eigenvalue weighted by Crippen LogP contribution is -2.26. The fraction of sp³-hybridized carbons (Fsp3) is 0.933. The Bertz CT molecular complexity index is 321. The number of likely N-dealkylation sites (tertiary alicyclic amines) is 1. The zero-order valence-electron chi connectivity index (χ0n) is 11.7. The molecule has 2 fully saturated rings. The zero-order valence-corrected chi connectivity index (χ0v) is 11.7. The lowest BCUT2D eigenvalue weighted by Gasteiger charge is -2.19. The molecule has 1 saturated heterocycles. The summed E-state index contributed by atoms with van der Waals surface area (Å²) >= 11 is 0. The molecule has 1 N–H and O–H groups in total. The van der Waals surface area contributed by atoms with Crippen LogP contribution < -0.4 is 0 Å². The van der Waals surface area contributed by atoms with Gasteiger partial charge in [0, 0.05) is 19.0 Å². The number of aliphatic hydroxyl groups is 1.